The molecule has 0 fully saturated rings. The maximum atomic E-state index is 13.3. The first kappa shape index (κ1) is 24.5. The van der Waals surface area contributed by atoms with E-state index in [-0.39, 0.29) is 11.5 Å². The fourth-order valence-electron chi connectivity index (χ4n) is 3.89. The zero-order valence-electron chi connectivity index (χ0n) is 19.4. The lowest BCUT2D eigenvalue weighted by Crippen LogP contribution is -2.19. The number of esters is 1. The molecule has 0 saturated heterocycles. The molecule has 3 aromatic carbocycles. The Bertz CT molecular complexity index is 1660. The Morgan fingerprint density at radius 1 is 1.08 bits per heavy atom. The lowest BCUT2D eigenvalue weighted by atomic mass is 10.0. The number of aromatic amines is 1. The largest absolute Gasteiger partial charge is 0.457 e. The van der Waals surface area contributed by atoms with Crippen LogP contribution in [0.2, 0.25) is 5.02 Å². The number of fused-ring (bicyclic) bond motifs is 1. The summed E-state index contributed by atoms with van der Waals surface area (Å²) in [6, 6.07) is 21.4. The summed E-state index contributed by atoms with van der Waals surface area (Å²) in [5, 5.41) is 5.53. The number of carbonyl (C=O) groups excluding carboxylic acids is 2. The van der Waals surface area contributed by atoms with Crippen molar-refractivity contribution < 1.29 is 18.7 Å². The van der Waals surface area contributed by atoms with Gasteiger partial charge in [0.2, 0.25) is 5.76 Å². The van der Waals surface area contributed by atoms with E-state index in [0.29, 0.717) is 21.8 Å². The van der Waals surface area contributed by atoms with Gasteiger partial charge in [-0.1, -0.05) is 57.4 Å². The summed E-state index contributed by atoms with van der Waals surface area (Å²) in [5.41, 5.74) is 6.62. The van der Waals surface area contributed by atoms with Gasteiger partial charge in [-0.3, -0.25) is 4.79 Å². The van der Waals surface area contributed by atoms with Crippen LogP contribution in [-0.4, -0.2) is 23.1 Å². The first-order chi connectivity index (χ1) is 17.9. The van der Waals surface area contributed by atoms with Crippen molar-refractivity contribution in [3.63, 3.8) is 0 Å². The lowest BCUT2D eigenvalue weighted by Gasteiger charge is -2.08. The fraction of sp³-hybridized carbons (Fsp3) is 0.0357. The average molecular weight is 577 g/mol. The summed E-state index contributed by atoms with van der Waals surface area (Å²) in [7, 11) is 0. The summed E-state index contributed by atoms with van der Waals surface area (Å²) < 4.78 is 11.3. The maximum Gasteiger partial charge on any atom is 0.379 e. The Kier molecular flexibility index (Phi) is 6.94. The second-order valence-corrected chi connectivity index (χ2v) is 9.47. The molecule has 0 atom stereocenters. The highest BCUT2D eigenvalue weighted by atomic mass is 79.9. The molecule has 9 heteroatoms. The van der Waals surface area contributed by atoms with E-state index >= 15 is 0 Å². The highest BCUT2D eigenvalue weighted by Crippen LogP contribution is 2.37. The van der Waals surface area contributed by atoms with Gasteiger partial charge in [0.1, 0.15) is 11.4 Å². The number of hydrogen-bond acceptors (Lipinski definition) is 5. The molecule has 184 valence electrons. The minimum atomic E-state index is -0.649. The Morgan fingerprint density at radius 2 is 1.92 bits per heavy atom. The number of hydrazone groups is 1. The van der Waals surface area contributed by atoms with Gasteiger partial charge in [-0.25, -0.2) is 10.2 Å². The van der Waals surface area contributed by atoms with Crippen LogP contribution in [0.25, 0.3) is 22.0 Å². The van der Waals surface area contributed by atoms with Gasteiger partial charge >= 0.3 is 5.97 Å². The summed E-state index contributed by atoms with van der Waals surface area (Å²) in [6.45, 7) is 1.99. The van der Waals surface area contributed by atoms with Crippen molar-refractivity contribution in [1.29, 1.82) is 0 Å². The Morgan fingerprint density at radius 3 is 2.70 bits per heavy atom. The molecule has 0 spiro atoms. The van der Waals surface area contributed by atoms with E-state index in [2.05, 4.69) is 31.4 Å². The number of benzene rings is 3. The van der Waals surface area contributed by atoms with E-state index in [1.807, 2.05) is 43.3 Å². The number of aromatic nitrogens is 1. The van der Waals surface area contributed by atoms with Crippen molar-refractivity contribution in [2.45, 2.75) is 6.92 Å². The van der Waals surface area contributed by atoms with Crippen LogP contribution in [0, 0.1) is 6.92 Å². The maximum absolute atomic E-state index is 13.3. The third-order valence-corrected chi connectivity index (χ3v) is 6.41. The third-order valence-electron chi connectivity index (χ3n) is 5.59. The molecule has 0 radical (unpaired) electrons. The molecule has 0 aliphatic carbocycles. The first-order valence-corrected chi connectivity index (χ1v) is 12.3. The van der Waals surface area contributed by atoms with Gasteiger partial charge in [0.05, 0.1) is 12.5 Å². The molecule has 0 aliphatic heterocycles. The SMILES string of the molecule is Cc1ccc2[nH]c(C(=O)NN=Cc3cc(Br)ccc3OC(=O)c3ccco3)c(-c3ccccc3Cl)c2c1. The molecule has 0 saturated carbocycles. The number of carbonyl (C=O) groups is 2. The number of halogens is 2. The minimum absolute atomic E-state index is 0.0697. The van der Waals surface area contributed by atoms with Crippen LogP contribution < -0.4 is 10.2 Å². The Hall–Kier alpha value is -4.14. The molecular weight excluding hydrogens is 558 g/mol. The van der Waals surface area contributed by atoms with Crippen LogP contribution in [-0.2, 0) is 0 Å². The van der Waals surface area contributed by atoms with Crippen LogP contribution in [0.5, 0.6) is 5.75 Å². The number of nitrogens with one attached hydrogen (secondary N) is 2. The number of H-pyrrole nitrogens is 1. The second-order valence-electron chi connectivity index (χ2n) is 8.15. The molecular formula is C28H19BrClN3O4. The quantitative estimate of drug-likeness (QED) is 0.0972. The molecule has 2 heterocycles. The van der Waals surface area contributed by atoms with Crippen LogP contribution in [0.3, 0.4) is 0 Å². The van der Waals surface area contributed by atoms with E-state index in [0.717, 1.165) is 26.5 Å². The topological polar surface area (TPSA) is 96.7 Å². The molecule has 37 heavy (non-hydrogen) atoms. The van der Waals surface area contributed by atoms with Crippen molar-refractivity contribution in [2.24, 2.45) is 5.10 Å². The van der Waals surface area contributed by atoms with E-state index in [4.69, 9.17) is 20.8 Å². The van der Waals surface area contributed by atoms with Gasteiger partial charge in [-0.05, 0) is 55.5 Å². The number of nitrogens with zero attached hydrogens (tertiary/aromatic N) is 1. The van der Waals surface area contributed by atoms with Gasteiger partial charge in [-0.15, -0.1) is 0 Å². The van der Waals surface area contributed by atoms with Gasteiger partial charge in [-0.2, -0.15) is 5.10 Å². The van der Waals surface area contributed by atoms with Crippen LogP contribution in [0.1, 0.15) is 32.2 Å². The molecule has 5 rings (SSSR count). The zero-order chi connectivity index (χ0) is 25.9. The van der Waals surface area contributed by atoms with Gasteiger partial charge in [0.25, 0.3) is 5.91 Å². The molecule has 5 aromatic rings. The summed E-state index contributed by atoms with van der Waals surface area (Å²) in [4.78, 5) is 28.8. The first-order valence-electron chi connectivity index (χ1n) is 11.2. The van der Waals surface area contributed by atoms with Gasteiger partial charge < -0.3 is 14.1 Å². The summed E-state index contributed by atoms with van der Waals surface area (Å²) in [5.74, 6) is -0.784. The zero-order valence-corrected chi connectivity index (χ0v) is 21.8. The van der Waals surface area contributed by atoms with Crippen molar-refractivity contribution in [3.8, 4) is 16.9 Å². The van der Waals surface area contributed by atoms with E-state index in [1.54, 1.807) is 30.3 Å². The summed E-state index contributed by atoms with van der Waals surface area (Å²) in [6.07, 6.45) is 2.79. The van der Waals surface area contributed by atoms with Crippen LogP contribution in [0.4, 0.5) is 0 Å². The highest BCUT2D eigenvalue weighted by molar-refractivity contribution is 9.10. The highest BCUT2D eigenvalue weighted by Gasteiger charge is 2.21. The molecule has 0 bridgehead atoms. The van der Waals surface area contributed by atoms with Crippen molar-refractivity contribution in [1.82, 2.24) is 10.4 Å². The standard InChI is InChI=1S/C28H19BrClN3O4/c1-16-8-10-22-20(13-16)25(19-5-2-3-6-21(19)30)26(32-22)27(34)33-31-15-17-14-18(29)9-11-23(17)37-28(35)24-7-4-12-36-24/h2-15,32H,1H3,(H,33,34). The van der Waals surface area contributed by atoms with Gasteiger partial charge in [0.15, 0.2) is 0 Å². The molecule has 0 unspecified atom stereocenters. The van der Waals surface area contributed by atoms with Gasteiger partial charge in [0, 0.05) is 37.1 Å². The smallest absolute Gasteiger partial charge is 0.379 e. The van der Waals surface area contributed by atoms with E-state index in [1.165, 1.54) is 18.5 Å². The Labute approximate surface area is 225 Å². The average Bonchev–Trinajstić information content (AvgIpc) is 3.54. The van der Waals surface area contributed by atoms with E-state index < -0.39 is 11.9 Å². The molecule has 7 nitrogen and oxygen atoms in total. The van der Waals surface area contributed by atoms with Crippen molar-refractivity contribution in [2.75, 3.05) is 0 Å². The second kappa shape index (κ2) is 10.5. The lowest BCUT2D eigenvalue weighted by molar-refractivity contribution is 0.0700. The third kappa shape index (κ3) is 5.21. The number of hydrogen-bond donors (Lipinski definition) is 2. The number of ether oxygens (including phenoxy) is 1. The molecule has 2 N–H and O–H groups in total. The number of amides is 1. The van der Waals surface area contributed by atoms with Crippen LogP contribution >= 0.6 is 27.5 Å². The molecule has 0 aliphatic rings. The number of aryl methyl sites for hydroxylation is 1. The van der Waals surface area contributed by atoms with E-state index in [9.17, 15) is 9.59 Å². The number of furan rings is 1. The van der Waals surface area contributed by atoms with Crippen LogP contribution in [0.15, 0.2) is 93.1 Å². The minimum Gasteiger partial charge on any atom is -0.457 e. The Balaban J connectivity index is 1.44. The number of rotatable bonds is 6. The fourth-order valence-corrected chi connectivity index (χ4v) is 4.50. The van der Waals surface area contributed by atoms with Crippen molar-refractivity contribution >= 4 is 56.5 Å². The monoisotopic (exact) mass is 575 g/mol. The normalized spacial score (nSPS) is 11.2. The molecule has 1 amide bonds. The summed E-state index contributed by atoms with van der Waals surface area (Å²) >= 11 is 9.90. The predicted octanol–water partition coefficient (Wildman–Crippen LogP) is 7.14. The predicted molar refractivity (Wildman–Crippen MR) is 146 cm³/mol. The van der Waals surface area contributed by atoms with Crippen molar-refractivity contribution in [3.05, 3.63) is 111 Å². The molecule has 2 aromatic heterocycles.